The van der Waals surface area contributed by atoms with Gasteiger partial charge >= 0.3 is 0 Å². The lowest BCUT2D eigenvalue weighted by molar-refractivity contribution is -0.126. The van der Waals surface area contributed by atoms with Gasteiger partial charge < -0.3 is 10.6 Å². The van der Waals surface area contributed by atoms with E-state index in [9.17, 15) is 9.59 Å². The van der Waals surface area contributed by atoms with Crippen LogP contribution in [0.15, 0.2) is 0 Å². The molecule has 0 fully saturated rings. The lowest BCUT2D eigenvalue weighted by Gasteiger charge is -2.08. The Morgan fingerprint density at radius 1 is 0.818 bits per heavy atom. The number of thiol groups is 1. The monoisotopic (exact) mass is 330 g/mol. The fourth-order valence-electron chi connectivity index (χ4n) is 2.10. The largest absolute Gasteiger partial charge is 0.356 e. The molecule has 22 heavy (non-hydrogen) atoms. The second kappa shape index (κ2) is 13.9. The first-order valence-corrected chi connectivity index (χ1v) is 9.15. The Hall–Kier alpha value is -0.710. The molecule has 0 spiro atoms. The van der Waals surface area contributed by atoms with Gasteiger partial charge in [0.15, 0.2) is 0 Å². The Morgan fingerprint density at radius 2 is 1.27 bits per heavy atom. The van der Waals surface area contributed by atoms with Gasteiger partial charge in [0.05, 0.1) is 0 Å². The number of rotatable bonds is 13. The number of amides is 2. The minimum atomic E-state index is -0.0334. The standard InChI is InChI=1S/C17H34N2O2S/c1-14(2)8-4-6-12-18-16(20)10-11-17(21)19-13-7-5-9-15(3)22/h14-15,22H,4-13H2,1-3H3,(H,18,20)(H,19,21). The zero-order chi connectivity index (χ0) is 16.8. The van der Waals surface area contributed by atoms with E-state index in [0.717, 1.165) is 44.6 Å². The molecule has 0 aliphatic carbocycles. The van der Waals surface area contributed by atoms with Crippen molar-refractivity contribution in [1.29, 1.82) is 0 Å². The van der Waals surface area contributed by atoms with Crippen molar-refractivity contribution in [1.82, 2.24) is 10.6 Å². The van der Waals surface area contributed by atoms with Crippen molar-refractivity contribution in [2.45, 2.75) is 77.4 Å². The highest BCUT2D eigenvalue weighted by atomic mass is 32.1. The van der Waals surface area contributed by atoms with Gasteiger partial charge in [-0.2, -0.15) is 12.6 Å². The second-order valence-electron chi connectivity index (χ2n) is 6.43. The Labute approximate surface area is 141 Å². The number of hydrogen-bond acceptors (Lipinski definition) is 3. The van der Waals surface area contributed by atoms with Crippen LogP contribution in [0, 0.1) is 5.92 Å². The van der Waals surface area contributed by atoms with Crippen molar-refractivity contribution < 1.29 is 9.59 Å². The normalized spacial score (nSPS) is 12.2. The minimum absolute atomic E-state index is 0.0244. The van der Waals surface area contributed by atoms with Crippen LogP contribution in [0.5, 0.6) is 0 Å². The van der Waals surface area contributed by atoms with Gasteiger partial charge in [-0.1, -0.05) is 40.0 Å². The first kappa shape index (κ1) is 21.3. The fourth-order valence-corrected chi connectivity index (χ4v) is 2.28. The predicted octanol–water partition coefficient (Wildman–Crippen LogP) is 3.31. The molecule has 0 saturated heterocycles. The zero-order valence-corrected chi connectivity index (χ0v) is 15.4. The molecule has 130 valence electrons. The molecule has 0 radical (unpaired) electrons. The molecule has 0 aromatic rings. The second-order valence-corrected chi connectivity index (χ2v) is 7.32. The van der Waals surface area contributed by atoms with Crippen molar-refractivity contribution in [2.24, 2.45) is 5.92 Å². The third-order valence-electron chi connectivity index (χ3n) is 3.48. The molecule has 0 heterocycles. The molecule has 2 N–H and O–H groups in total. The van der Waals surface area contributed by atoms with Crippen molar-refractivity contribution in [3.05, 3.63) is 0 Å². The highest BCUT2D eigenvalue weighted by Crippen LogP contribution is 2.05. The maximum absolute atomic E-state index is 11.6. The summed E-state index contributed by atoms with van der Waals surface area (Å²) < 4.78 is 0. The predicted molar refractivity (Wildman–Crippen MR) is 96.2 cm³/mol. The number of unbranched alkanes of at least 4 members (excludes halogenated alkanes) is 2. The Morgan fingerprint density at radius 3 is 1.68 bits per heavy atom. The first-order chi connectivity index (χ1) is 10.4. The number of nitrogens with one attached hydrogen (secondary N) is 2. The summed E-state index contributed by atoms with van der Waals surface area (Å²) in [6.07, 6.45) is 7.02. The van der Waals surface area contributed by atoms with Crippen LogP contribution in [0.2, 0.25) is 0 Å². The van der Waals surface area contributed by atoms with Crippen LogP contribution in [0.1, 0.15) is 72.1 Å². The van der Waals surface area contributed by atoms with Crippen LogP contribution < -0.4 is 10.6 Å². The van der Waals surface area contributed by atoms with Gasteiger partial charge in [0.1, 0.15) is 0 Å². The highest BCUT2D eigenvalue weighted by molar-refractivity contribution is 7.80. The van der Waals surface area contributed by atoms with Gasteiger partial charge in [0.25, 0.3) is 0 Å². The number of carbonyl (C=O) groups excluding carboxylic acids is 2. The molecule has 0 saturated carbocycles. The SMILES string of the molecule is CC(C)CCCCNC(=O)CCC(=O)NCCCCC(C)S. The van der Waals surface area contributed by atoms with E-state index in [1.165, 1.54) is 6.42 Å². The third-order valence-corrected chi connectivity index (χ3v) is 3.74. The first-order valence-electron chi connectivity index (χ1n) is 8.63. The molecule has 4 nitrogen and oxygen atoms in total. The molecular weight excluding hydrogens is 296 g/mol. The molecule has 1 unspecified atom stereocenters. The highest BCUT2D eigenvalue weighted by Gasteiger charge is 2.06. The average Bonchev–Trinajstić information content (AvgIpc) is 2.43. The summed E-state index contributed by atoms with van der Waals surface area (Å²) in [5.41, 5.74) is 0. The molecule has 2 amide bonds. The van der Waals surface area contributed by atoms with Crippen molar-refractivity contribution in [3.8, 4) is 0 Å². The van der Waals surface area contributed by atoms with Gasteiger partial charge in [-0.3, -0.25) is 9.59 Å². The van der Waals surface area contributed by atoms with E-state index >= 15 is 0 Å². The molecular formula is C17H34N2O2S. The smallest absolute Gasteiger partial charge is 0.220 e. The Kier molecular flexibility index (Phi) is 13.5. The fraction of sp³-hybridized carbons (Fsp3) is 0.882. The number of carbonyl (C=O) groups is 2. The molecule has 0 aromatic carbocycles. The summed E-state index contributed by atoms with van der Waals surface area (Å²) in [6, 6.07) is 0. The lowest BCUT2D eigenvalue weighted by Crippen LogP contribution is -2.28. The zero-order valence-electron chi connectivity index (χ0n) is 14.5. The number of hydrogen-bond donors (Lipinski definition) is 3. The van der Waals surface area contributed by atoms with Crippen molar-refractivity contribution in [2.75, 3.05) is 13.1 Å². The summed E-state index contributed by atoms with van der Waals surface area (Å²) in [7, 11) is 0. The lowest BCUT2D eigenvalue weighted by atomic mass is 10.1. The summed E-state index contributed by atoms with van der Waals surface area (Å²) in [5.74, 6) is 0.660. The van der Waals surface area contributed by atoms with Crippen molar-refractivity contribution in [3.63, 3.8) is 0 Å². The van der Waals surface area contributed by atoms with Crippen LogP contribution in [0.4, 0.5) is 0 Å². The molecule has 0 bridgehead atoms. The molecule has 0 rings (SSSR count). The van der Waals surface area contributed by atoms with E-state index in [1.807, 2.05) is 0 Å². The maximum atomic E-state index is 11.6. The van der Waals surface area contributed by atoms with Crippen LogP contribution in [-0.2, 0) is 9.59 Å². The summed E-state index contributed by atoms with van der Waals surface area (Å²) >= 11 is 4.32. The van der Waals surface area contributed by atoms with Gasteiger partial charge in [-0.25, -0.2) is 0 Å². The van der Waals surface area contributed by atoms with E-state index in [1.54, 1.807) is 0 Å². The topological polar surface area (TPSA) is 58.2 Å². The summed E-state index contributed by atoms with van der Waals surface area (Å²) in [5, 5.41) is 6.15. The van der Waals surface area contributed by atoms with Gasteiger partial charge in [-0.15, -0.1) is 0 Å². The molecule has 0 aliphatic rings. The summed E-state index contributed by atoms with van der Waals surface area (Å²) in [4.78, 5) is 23.2. The van der Waals surface area contributed by atoms with Gasteiger partial charge in [0, 0.05) is 25.9 Å². The molecule has 5 heteroatoms. The minimum Gasteiger partial charge on any atom is -0.356 e. The van der Waals surface area contributed by atoms with Crippen LogP contribution >= 0.6 is 12.6 Å². The van der Waals surface area contributed by atoms with E-state index < -0.39 is 0 Å². The molecule has 0 aliphatic heterocycles. The molecule has 1 atom stereocenters. The van der Waals surface area contributed by atoms with Crippen molar-refractivity contribution >= 4 is 24.4 Å². The average molecular weight is 331 g/mol. The Balaban J connectivity index is 3.43. The third kappa shape index (κ3) is 15.7. The van der Waals surface area contributed by atoms with Crippen LogP contribution in [0.3, 0.4) is 0 Å². The van der Waals surface area contributed by atoms with E-state index in [4.69, 9.17) is 0 Å². The van der Waals surface area contributed by atoms with E-state index in [-0.39, 0.29) is 24.7 Å². The van der Waals surface area contributed by atoms with E-state index in [2.05, 4.69) is 44.0 Å². The van der Waals surface area contributed by atoms with Crippen LogP contribution in [0.25, 0.3) is 0 Å². The molecule has 0 aromatic heterocycles. The van der Waals surface area contributed by atoms with E-state index in [0.29, 0.717) is 11.8 Å². The summed E-state index contributed by atoms with van der Waals surface area (Å²) in [6.45, 7) is 7.89. The van der Waals surface area contributed by atoms with Gasteiger partial charge in [0.2, 0.25) is 11.8 Å². The quantitative estimate of drug-likeness (QED) is 0.358. The van der Waals surface area contributed by atoms with Gasteiger partial charge in [-0.05, 0) is 30.4 Å². The van der Waals surface area contributed by atoms with Crippen LogP contribution in [-0.4, -0.2) is 30.2 Å². The Bertz CT molecular complexity index is 277. The maximum Gasteiger partial charge on any atom is 0.220 e.